The Morgan fingerprint density at radius 2 is 1.79 bits per heavy atom. The van der Waals surface area contributed by atoms with Crippen LogP contribution >= 0.6 is 0 Å². The number of H-pyrrole nitrogens is 1. The monoisotopic (exact) mass is 462 g/mol. The number of benzene rings is 2. The molecule has 0 amide bonds. The molecule has 0 aliphatic heterocycles. The zero-order chi connectivity index (χ0) is 24.5. The molecule has 8 heteroatoms. The highest BCUT2D eigenvalue weighted by Gasteiger charge is 2.25. The van der Waals surface area contributed by atoms with Gasteiger partial charge in [-0.15, -0.1) is 5.10 Å². The van der Waals surface area contributed by atoms with Crippen molar-refractivity contribution in [2.24, 2.45) is 0 Å². The van der Waals surface area contributed by atoms with Crippen LogP contribution in [0.4, 0.5) is 4.39 Å². The SMILES string of the molecule is CCC(C)(C)n1nnnc1CN(Cc1ccc(F)cc1)Cc1cc2cc(C)cc(C)c2[nH]c1=O. The van der Waals surface area contributed by atoms with Gasteiger partial charge in [-0.25, -0.2) is 9.07 Å². The highest BCUT2D eigenvalue weighted by Crippen LogP contribution is 2.22. The average Bonchev–Trinajstić information content (AvgIpc) is 3.25. The van der Waals surface area contributed by atoms with E-state index in [1.54, 1.807) is 12.1 Å². The first-order valence-electron chi connectivity index (χ1n) is 11.5. The number of halogens is 1. The molecule has 4 aromatic rings. The second kappa shape index (κ2) is 9.46. The van der Waals surface area contributed by atoms with Crippen LogP contribution in [-0.2, 0) is 25.2 Å². The van der Waals surface area contributed by atoms with Crippen LogP contribution in [0.2, 0.25) is 0 Å². The van der Waals surface area contributed by atoms with E-state index in [1.807, 2.05) is 24.6 Å². The maximum Gasteiger partial charge on any atom is 0.252 e. The molecular weight excluding hydrogens is 431 g/mol. The molecule has 34 heavy (non-hydrogen) atoms. The van der Waals surface area contributed by atoms with Gasteiger partial charge in [-0.1, -0.05) is 30.7 Å². The van der Waals surface area contributed by atoms with Crippen molar-refractivity contribution in [2.75, 3.05) is 0 Å². The van der Waals surface area contributed by atoms with Gasteiger partial charge in [0.2, 0.25) is 0 Å². The maximum absolute atomic E-state index is 13.5. The van der Waals surface area contributed by atoms with Crippen LogP contribution in [0.1, 0.15) is 55.3 Å². The van der Waals surface area contributed by atoms with Gasteiger partial charge in [0.15, 0.2) is 5.82 Å². The Labute approximate surface area is 198 Å². The Morgan fingerprint density at radius 3 is 2.50 bits per heavy atom. The first-order chi connectivity index (χ1) is 16.2. The predicted octanol–water partition coefficient (Wildman–Crippen LogP) is 4.62. The number of nitrogens with one attached hydrogen (secondary N) is 1. The molecule has 2 aromatic carbocycles. The van der Waals surface area contributed by atoms with Gasteiger partial charge in [0.25, 0.3) is 5.56 Å². The normalized spacial score (nSPS) is 12.1. The van der Waals surface area contributed by atoms with Gasteiger partial charge in [0.1, 0.15) is 5.82 Å². The van der Waals surface area contributed by atoms with Crippen LogP contribution < -0.4 is 5.56 Å². The minimum Gasteiger partial charge on any atom is -0.321 e. The molecule has 4 rings (SSSR count). The van der Waals surface area contributed by atoms with Gasteiger partial charge < -0.3 is 4.98 Å². The number of tetrazole rings is 1. The molecule has 0 radical (unpaired) electrons. The second-order valence-corrected chi connectivity index (χ2v) is 9.61. The van der Waals surface area contributed by atoms with E-state index in [0.29, 0.717) is 25.2 Å². The quantitative estimate of drug-likeness (QED) is 0.413. The molecule has 0 saturated carbocycles. The summed E-state index contributed by atoms with van der Waals surface area (Å²) in [7, 11) is 0. The van der Waals surface area contributed by atoms with Crippen molar-refractivity contribution in [3.8, 4) is 0 Å². The van der Waals surface area contributed by atoms with E-state index < -0.39 is 0 Å². The first kappa shape index (κ1) is 23.8. The van der Waals surface area contributed by atoms with Gasteiger partial charge >= 0.3 is 0 Å². The van der Waals surface area contributed by atoms with Crippen LogP contribution in [0.5, 0.6) is 0 Å². The molecule has 7 nitrogen and oxygen atoms in total. The van der Waals surface area contributed by atoms with Crippen molar-refractivity contribution in [1.29, 1.82) is 0 Å². The summed E-state index contributed by atoms with van der Waals surface area (Å²) in [5.41, 5.74) is 4.30. The zero-order valence-corrected chi connectivity index (χ0v) is 20.4. The van der Waals surface area contributed by atoms with E-state index in [0.717, 1.165) is 39.8 Å². The number of hydrogen-bond donors (Lipinski definition) is 1. The number of nitrogens with zero attached hydrogens (tertiary/aromatic N) is 5. The van der Waals surface area contributed by atoms with Gasteiger partial charge in [-0.05, 0) is 85.3 Å². The number of aryl methyl sites for hydroxylation is 2. The Hall–Kier alpha value is -3.39. The summed E-state index contributed by atoms with van der Waals surface area (Å²) < 4.78 is 15.3. The number of fused-ring (bicyclic) bond motifs is 1. The van der Waals surface area contributed by atoms with Crippen molar-refractivity contribution in [1.82, 2.24) is 30.1 Å². The Bertz CT molecular complexity index is 1360. The lowest BCUT2D eigenvalue weighted by molar-refractivity contribution is 0.217. The van der Waals surface area contributed by atoms with E-state index in [4.69, 9.17) is 0 Å². The second-order valence-electron chi connectivity index (χ2n) is 9.61. The minimum atomic E-state index is -0.277. The van der Waals surface area contributed by atoms with Crippen LogP contribution in [0, 0.1) is 19.7 Å². The molecule has 0 atom stereocenters. The molecule has 1 N–H and O–H groups in total. The predicted molar refractivity (Wildman–Crippen MR) is 131 cm³/mol. The van der Waals surface area contributed by atoms with Crippen molar-refractivity contribution in [3.63, 3.8) is 0 Å². The standard InChI is InChI=1S/C26H31FN6O/c1-6-26(4,5)33-23(29-30-31-33)16-32(14-19-7-9-22(27)10-8-19)15-21-13-20-12-17(2)11-18(3)24(20)28-25(21)34/h7-13H,6,14-16H2,1-5H3,(H,28,34). The largest absolute Gasteiger partial charge is 0.321 e. The smallest absolute Gasteiger partial charge is 0.252 e. The fraction of sp³-hybridized carbons (Fsp3) is 0.385. The van der Waals surface area contributed by atoms with Gasteiger partial charge in [-0.3, -0.25) is 9.69 Å². The number of aromatic amines is 1. The molecule has 0 aliphatic carbocycles. The third kappa shape index (κ3) is 5.07. The lowest BCUT2D eigenvalue weighted by Gasteiger charge is -2.27. The summed E-state index contributed by atoms with van der Waals surface area (Å²) >= 11 is 0. The zero-order valence-electron chi connectivity index (χ0n) is 20.4. The first-order valence-corrected chi connectivity index (χ1v) is 11.5. The Kier molecular flexibility index (Phi) is 6.61. The summed E-state index contributed by atoms with van der Waals surface area (Å²) in [4.78, 5) is 18.2. The molecule has 0 spiro atoms. The molecule has 0 saturated heterocycles. The molecular formula is C26H31FN6O. The van der Waals surface area contributed by atoms with Crippen LogP contribution in [0.3, 0.4) is 0 Å². The van der Waals surface area contributed by atoms with Crippen LogP contribution in [0.25, 0.3) is 10.9 Å². The topological polar surface area (TPSA) is 79.7 Å². The summed E-state index contributed by atoms with van der Waals surface area (Å²) in [6.07, 6.45) is 0.867. The number of hydrogen-bond acceptors (Lipinski definition) is 5. The molecule has 0 fully saturated rings. The third-order valence-electron chi connectivity index (χ3n) is 6.42. The van der Waals surface area contributed by atoms with Gasteiger partial charge in [-0.2, -0.15) is 0 Å². The van der Waals surface area contributed by atoms with Crippen molar-refractivity contribution in [3.05, 3.63) is 86.7 Å². The molecule has 0 unspecified atom stereocenters. The minimum absolute atomic E-state index is 0.114. The molecule has 2 heterocycles. The highest BCUT2D eigenvalue weighted by molar-refractivity contribution is 5.82. The average molecular weight is 463 g/mol. The van der Waals surface area contributed by atoms with Gasteiger partial charge in [0, 0.05) is 18.7 Å². The summed E-state index contributed by atoms with van der Waals surface area (Å²) in [6.45, 7) is 11.7. The summed E-state index contributed by atoms with van der Waals surface area (Å²) in [5.74, 6) is 0.443. The molecule has 2 aromatic heterocycles. The Morgan fingerprint density at radius 1 is 1.06 bits per heavy atom. The highest BCUT2D eigenvalue weighted by atomic mass is 19.1. The number of pyridine rings is 1. The van der Waals surface area contributed by atoms with E-state index in [1.165, 1.54) is 12.1 Å². The van der Waals surface area contributed by atoms with E-state index in [-0.39, 0.29) is 16.9 Å². The number of aromatic nitrogens is 5. The fourth-order valence-electron chi connectivity index (χ4n) is 4.23. The van der Waals surface area contributed by atoms with Crippen molar-refractivity contribution < 1.29 is 4.39 Å². The fourth-order valence-corrected chi connectivity index (χ4v) is 4.23. The van der Waals surface area contributed by atoms with Crippen molar-refractivity contribution >= 4 is 10.9 Å². The molecule has 0 bridgehead atoms. The lowest BCUT2D eigenvalue weighted by Crippen LogP contribution is -2.32. The Balaban J connectivity index is 1.70. The number of rotatable bonds is 8. The molecule has 178 valence electrons. The van der Waals surface area contributed by atoms with E-state index >= 15 is 0 Å². The van der Waals surface area contributed by atoms with Crippen LogP contribution in [0.15, 0.2) is 47.3 Å². The van der Waals surface area contributed by atoms with Gasteiger partial charge in [0.05, 0.1) is 17.6 Å². The van der Waals surface area contributed by atoms with E-state index in [2.05, 4.69) is 58.3 Å². The summed E-state index contributed by atoms with van der Waals surface area (Å²) in [6, 6.07) is 12.5. The molecule has 0 aliphatic rings. The van der Waals surface area contributed by atoms with E-state index in [9.17, 15) is 9.18 Å². The van der Waals surface area contributed by atoms with Crippen molar-refractivity contribution in [2.45, 2.75) is 66.2 Å². The van der Waals surface area contributed by atoms with Crippen LogP contribution in [-0.4, -0.2) is 30.1 Å². The lowest BCUT2D eigenvalue weighted by atomic mass is 10.0. The summed E-state index contributed by atoms with van der Waals surface area (Å²) in [5, 5.41) is 13.4. The maximum atomic E-state index is 13.5. The third-order valence-corrected chi connectivity index (χ3v) is 6.42.